The molecule has 0 aliphatic carbocycles. The SMILES string of the molecule is COC(=O)c1ccc(NC(=O)C[C@@H]2SC(=Nc3ccccc3F)N(CCc3ccc(OC)c(OC)c3)C2=O)cc1. The maximum atomic E-state index is 14.4. The van der Waals surface area contributed by atoms with Crippen molar-refractivity contribution in [1.82, 2.24) is 4.90 Å². The van der Waals surface area contributed by atoms with Crippen LogP contribution in [0.15, 0.2) is 71.7 Å². The van der Waals surface area contributed by atoms with Crippen LogP contribution in [0.1, 0.15) is 22.3 Å². The summed E-state index contributed by atoms with van der Waals surface area (Å²) in [6, 6.07) is 17.8. The zero-order valence-corrected chi connectivity index (χ0v) is 23.0. The molecule has 1 heterocycles. The number of thioether (sulfide) groups is 1. The number of nitrogens with one attached hydrogen (secondary N) is 1. The zero-order chi connectivity index (χ0) is 28.6. The maximum Gasteiger partial charge on any atom is 0.337 e. The lowest BCUT2D eigenvalue weighted by Gasteiger charge is -2.17. The molecule has 0 radical (unpaired) electrons. The van der Waals surface area contributed by atoms with Crippen LogP contribution in [-0.2, 0) is 20.7 Å². The summed E-state index contributed by atoms with van der Waals surface area (Å²) >= 11 is 1.12. The van der Waals surface area contributed by atoms with Gasteiger partial charge in [-0.1, -0.05) is 30.0 Å². The van der Waals surface area contributed by atoms with Gasteiger partial charge in [-0.05, 0) is 60.5 Å². The predicted octanol–water partition coefficient (Wildman–Crippen LogP) is 4.83. The molecule has 4 rings (SSSR count). The standard InChI is InChI=1S/C29H28FN3O6S/c1-37-23-13-8-18(16-24(23)38-2)14-15-33-27(35)25(40-29(33)32-22-7-5-4-6-21(22)30)17-26(34)31-20-11-9-19(10-12-20)28(36)39-3/h4-13,16,25H,14-15,17H2,1-3H3,(H,31,34)/t25-/m0/s1. The maximum absolute atomic E-state index is 14.4. The smallest absolute Gasteiger partial charge is 0.337 e. The average molecular weight is 566 g/mol. The molecule has 11 heteroatoms. The number of carbonyl (C=O) groups is 3. The third kappa shape index (κ3) is 6.78. The molecule has 9 nitrogen and oxygen atoms in total. The number of carbonyl (C=O) groups excluding carboxylic acids is 3. The van der Waals surface area contributed by atoms with Gasteiger partial charge in [0.2, 0.25) is 11.8 Å². The first-order valence-electron chi connectivity index (χ1n) is 12.3. The molecule has 0 bridgehead atoms. The summed E-state index contributed by atoms with van der Waals surface area (Å²) in [6.07, 6.45) is 0.347. The zero-order valence-electron chi connectivity index (χ0n) is 22.2. The lowest BCUT2D eigenvalue weighted by atomic mass is 10.1. The summed E-state index contributed by atoms with van der Waals surface area (Å²) in [7, 11) is 4.39. The van der Waals surface area contributed by atoms with Gasteiger partial charge in [0, 0.05) is 18.7 Å². The van der Waals surface area contributed by atoms with E-state index in [4.69, 9.17) is 9.47 Å². The number of ether oxygens (including phenoxy) is 3. The number of halogens is 1. The Morgan fingerprint density at radius 1 is 1.00 bits per heavy atom. The van der Waals surface area contributed by atoms with Crippen molar-refractivity contribution in [3.63, 3.8) is 0 Å². The number of amidine groups is 1. The number of nitrogens with zero attached hydrogens (tertiary/aromatic N) is 2. The summed E-state index contributed by atoms with van der Waals surface area (Å²) in [5.41, 5.74) is 1.82. The minimum atomic E-state index is -0.745. The number of rotatable bonds is 10. The van der Waals surface area contributed by atoms with Crippen molar-refractivity contribution in [2.45, 2.75) is 18.1 Å². The number of hydrogen-bond acceptors (Lipinski definition) is 8. The molecule has 1 fully saturated rings. The number of methoxy groups -OCH3 is 3. The van der Waals surface area contributed by atoms with Crippen LogP contribution in [0, 0.1) is 5.82 Å². The summed E-state index contributed by atoms with van der Waals surface area (Å²) in [6.45, 7) is 0.266. The summed E-state index contributed by atoms with van der Waals surface area (Å²) in [5.74, 6) is -0.524. The van der Waals surface area contributed by atoms with Crippen molar-refractivity contribution in [3.05, 3.63) is 83.7 Å². The molecule has 1 aliphatic rings. The van der Waals surface area contributed by atoms with E-state index in [9.17, 15) is 18.8 Å². The fourth-order valence-electron chi connectivity index (χ4n) is 4.04. The number of esters is 1. The van der Waals surface area contributed by atoms with E-state index in [0.717, 1.165) is 17.3 Å². The molecular formula is C29H28FN3O6S. The highest BCUT2D eigenvalue weighted by molar-refractivity contribution is 8.15. The van der Waals surface area contributed by atoms with E-state index in [2.05, 4.69) is 15.0 Å². The Labute approximate surface area is 235 Å². The molecule has 2 amide bonds. The number of amides is 2. The van der Waals surface area contributed by atoms with E-state index in [-0.39, 0.29) is 30.5 Å². The first-order valence-corrected chi connectivity index (χ1v) is 13.2. The number of aliphatic imine (C=N–C) groups is 1. The lowest BCUT2D eigenvalue weighted by molar-refractivity contribution is -0.128. The Hall–Kier alpha value is -4.38. The first-order chi connectivity index (χ1) is 19.3. The number of para-hydroxylation sites is 1. The highest BCUT2D eigenvalue weighted by Gasteiger charge is 2.39. The van der Waals surface area contributed by atoms with Crippen molar-refractivity contribution in [1.29, 1.82) is 0 Å². The predicted molar refractivity (Wildman–Crippen MR) is 151 cm³/mol. The van der Waals surface area contributed by atoms with Crippen molar-refractivity contribution in [2.75, 3.05) is 33.2 Å². The highest BCUT2D eigenvalue weighted by atomic mass is 32.2. The Morgan fingerprint density at radius 2 is 1.73 bits per heavy atom. The van der Waals surface area contributed by atoms with E-state index in [0.29, 0.717) is 34.3 Å². The molecule has 0 spiro atoms. The molecule has 1 N–H and O–H groups in total. The molecule has 0 saturated carbocycles. The van der Waals surface area contributed by atoms with Gasteiger partial charge in [-0.25, -0.2) is 14.2 Å². The Kier molecular flexibility index (Phi) is 9.39. The van der Waals surface area contributed by atoms with Gasteiger partial charge in [0.1, 0.15) is 16.8 Å². The Balaban J connectivity index is 1.50. The van der Waals surface area contributed by atoms with Gasteiger partial charge < -0.3 is 19.5 Å². The second kappa shape index (κ2) is 13.1. The Morgan fingerprint density at radius 3 is 2.40 bits per heavy atom. The van der Waals surface area contributed by atoms with Crippen LogP contribution in [0.2, 0.25) is 0 Å². The molecule has 208 valence electrons. The van der Waals surface area contributed by atoms with E-state index < -0.39 is 17.0 Å². The lowest BCUT2D eigenvalue weighted by Crippen LogP contribution is -2.35. The fourth-order valence-corrected chi connectivity index (χ4v) is 5.22. The quantitative estimate of drug-likeness (QED) is 0.351. The van der Waals surface area contributed by atoms with Gasteiger partial charge in [-0.15, -0.1) is 0 Å². The van der Waals surface area contributed by atoms with Crippen LogP contribution in [0.3, 0.4) is 0 Å². The van der Waals surface area contributed by atoms with Crippen LogP contribution < -0.4 is 14.8 Å². The normalized spacial score (nSPS) is 15.7. The van der Waals surface area contributed by atoms with Gasteiger partial charge in [-0.2, -0.15) is 0 Å². The molecule has 1 aliphatic heterocycles. The topological polar surface area (TPSA) is 107 Å². The molecule has 3 aromatic carbocycles. The molecule has 0 aromatic heterocycles. The van der Waals surface area contributed by atoms with Crippen molar-refractivity contribution in [3.8, 4) is 11.5 Å². The third-order valence-corrected chi connectivity index (χ3v) is 7.30. The first kappa shape index (κ1) is 28.6. The van der Waals surface area contributed by atoms with Crippen molar-refractivity contribution >= 4 is 46.1 Å². The monoisotopic (exact) mass is 565 g/mol. The third-order valence-electron chi connectivity index (χ3n) is 6.12. The van der Waals surface area contributed by atoms with Crippen LogP contribution >= 0.6 is 11.8 Å². The Bertz CT molecular complexity index is 1430. The van der Waals surface area contributed by atoms with Gasteiger partial charge in [0.05, 0.1) is 26.9 Å². The van der Waals surface area contributed by atoms with Crippen LogP contribution in [0.4, 0.5) is 15.8 Å². The largest absolute Gasteiger partial charge is 0.493 e. The molecule has 1 saturated heterocycles. The second-order valence-corrected chi connectivity index (χ2v) is 9.87. The summed E-state index contributed by atoms with van der Waals surface area (Å²) in [5, 5.41) is 2.31. The van der Waals surface area contributed by atoms with E-state index in [1.807, 2.05) is 12.1 Å². The fraction of sp³-hybridized carbons (Fsp3) is 0.241. The minimum Gasteiger partial charge on any atom is -0.493 e. The van der Waals surface area contributed by atoms with Gasteiger partial charge in [0.15, 0.2) is 16.7 Å². The van der Waals surface area contributed by atoms with Gasteiger partial charge in [0.25, 0.3) is 0 Å². The highest BCUT2D eigenvalue weighted by Crippen LogP contribution is 2.33. The summed E-state index contributed by atoms with van der Waals surface area (Å²) < 4.78 is 29.7. The van der Waals surface area contributed by atoms with Crippen LogP contribution in [0.25, 0.3) is 0 Å². The number of hydrogen-bond donors (Lipinski definition) is 1. The number of anilines is 1. The molecule has 40 heavy (non-hydrogen) atoms. The van der Waals surface area contributed by atoms with E-state index >= 15 is 0 Å². The van der Waals surface area contributed by atoms with Crippen molar-refractivity contribution < 1.29 is 33.0 Å². The second-order valence-electron chi connectivity index (χ2n) is 8.70. The molecule has 1 atom stereocenters. The van der Waals surface area contributed by atoms with Crippen LogP contribution in [0.5, 0.6) is 11.5 Å². The van der Waals surface area contributed by atoms with E-state index in [1.165, 1.54) is 36.3 Å². The van der Waals surface area contributed by atoms with E-state index in [1.54, 1.807) is 44.6 Å². The summed E-state index contributed by atoms with van der Waals surface area (Å²) in [4.78, 5) is 43.8. The minimum absolute atomic E-state index is 0.102. The average Bonchev–Trinajstić information content (AvgIpc) is 3.25. The van der Waals surface area contributed by atoms with Gasteiger partial charge >= 0.3 is 5.97 Å². The van der Waals surface area contributed by atoms with Crippen LogP contribution in [-0.4, -0.2) is 61.0 Å². The molecule has 3 aromatic rings. The molecule has 0 unspecified atom stereocenters. The van der Waals surface area contributed by atoms with Gasteiger partial charge in [-0.3, -0.25) is 14.5 Å². The van der Waals surface area contributed by atoms with Crippen molar-refractivity contribution in [2.24, 2.45) is 4.99 Å². The number of benzene rings is 3. The molecular weight excluding hydrogens is 537 g/mol.